The zero-order valence-corrected chi connectivity index (χ0v) is 12.2. The summed E-state index contributed by atoms with van der Waals surface area (Å²) < 4.78 is 0. The van der Waals surface area contributed by atoms with Crippen molar-refractivity contribution < 1.29 is 4.79 Å². The first-order chi connectivity index (χ1) is 9.22. The molecule has 1 aromatic carbocycles. The fraction of sp³-hybridized carbons (Fsp3) is 0.562. The summed E-state index contributed by atoms with van der Waals surface area (Å²) in [5.74, 6) is 0.947. The first kappa shape index (κ1) is 13.0. The summed E-state index contributed by atoms with van der Waals surface area (Å²) >= 11 is 1.73. The lowest BCUT2D eigenvalue weighted by Gasteiger charge is -2.39. The van der Waals surface area contributed by atoms with Crippen molar-refractivity contribution in [3.05, 3.63) is 29.8 Å². The van der Waals surface area contributed by atoms with E-state index in [1.165, 1.54) is 36.1 Å². The normalized spacial score (nSPS) is 30.6. The van der Waals surface area contributed by atoms with E-state index in [4.69, 9.17) is 0 Å². The number of nitrogens with one attached hydrogen (secondary N) is 1. The summed E-state index contributed by atoms with van der Waals surface area (Å²) in [6.07, 6.45) is 6.12. The predicted molar refractivity (Wildman–Crippen MR) is 79.3 cm³/mol. The molecule has 1 aliphatic carbocycles. The smallest absolute Gasteiger partial charge is 0.233 e. The SMILES string of the molecule is Cc1ccc(SC2CC3CCCCC3NC2=O)cc1. The molecule has 3 unspecified atom stereocenters. The second kappa shape index (κ2) is 5.58. The highest BCUT2D eigenvalue weighted by Gasteiger charge is 2.37. The predicted octanol–water partition coefficient (Wildman–Crippen LogP) is 3.53. The minimum Gasteiger partial charge on any atom is -0.352 e. The highest BCUT2D eigenvalue weighted by atomic mass is 32.2. The first-order valence-corrected chi connectivity index (χ1v) is 8.14. The molecular formula is C16H21NOS. The van der Waals surface area contributed by atoms with E-state index in [2.05, 4.69) is 36.5 Å². The van der Waals surface area contributed by atoms with Gasteiger partial charge in [-0.25, -0.2) is 0 Å². The molecule has 0 aromatic heterocycles. The highest BCUT2D eigenvalue weighted by molar-refractivity contribution is 8.00. The average Bonchev–Trinajstić information content (AvgIpc) is 2.42. The Hall–Kier alpha value is -0.960. The van der Waals surface area contributed by atoms with Crippen LogP contribution in [0, 0.1) is 12.8 Å². The second-order valence-corrected chi connectivity index (χ2v) is 7.09. The molecule has 3 heteroatoms. The van der Waals surface area contributed by atoms with Crippen molar-refractivity contribution in [3.8, 4) is 0 Å². The molecule has 2 aliphatic rings. The molecule has 1 N–H and O–H groups in total. The molecule has 2 nitrogen and oxygen atoms in total. The number of aryl methyl sites for hydroxylation is 1. The van der Waals surface area contributed by atoms with Crippen LogP contribution in [0.3, 0.4) is 0 Å². The Bertz CT molecular complexity index is 456. The maximum atomic E-state index is 12.2. The monoisotopic (exact) mass is 275 g/mol. The maximum Gasteiger partial charge on any atom is 0.233 e. The van der Waals surface area contributed by atoms with Crippen LogP contribution in [0.1, 0.15) is 37.7 Å². The van der Waals surface area contributed by atoms with Crippen LogP contribution >= 0.6 is 11.8 Å². The standard InChI is InChI=1S/C16H21NOS/c1-11-6-8-13(9-7-11)19-15-10-12-4-2-3-5-14(12)17-16(15)18/h6-9,12,14-15H,2-5,10H2,1H3,(H,17,18). The van der Waals surface area contributed by atoms with Crippen LogP contribution in [0.2, 0.25) is 0 Å². The Labute approximate surface area is 119 Å². The molecule has 3 atom stereocenters. The van der Waals surface area contributed by atoms with E-state index >= 15 is 0 Å². The van der Waals surface area contributed by atoms with Gasteiger partial charge >= 0.3 is 0 Å². The molecule has 1 saturated carbocycles. The molecule has 2 fully saturated rings. The topological polar surface area (TPSA) is 29.1 Å². The Morgan fingerprint density at radius 1 is 1.16 bits per heavy atom. The lowest BCUT2D eigenvalue weighted by atomic mass is 9.79. The Kier molecular flexibility index (Phi) is 3.83. The van der Waals surface area contributed by atoms with Crippen LogP contribution in [0.15, 0.2) is 29.2 Å². The fourth-order valence-corrected chi connectivity index (χ4v) is 4.36. The maximum absolute atomic E-state index is 12.2. The van der Waals surface area contributed by atoms with Gasteiger partial charge in [-0.1, -0.05) is 30.5 Å². The summed E-state index contributed by atoms with van der Waals surface area (Å²) in [4.78, 5) is 13.4. The van der Waals surface area contributed by atoms with Crippen molar-refractivity contribution in [2.45, 2.75) is 55.2 Å². The number of fused-ring (bicyclic) bond motifs is 1. The number of hydrogen-bond donors (Lipinski definition) is 1. The second-order valence-electron chi connectivity index (χ2n) is 5.81. The van der Waals surface area contributed by atoms with Crippen LogP contribution in [-0.2, 0) is 4.79 Å². The third-order valence-corrected chi connectivity index (χ3v) is 5.58. The number of benzene rings is 1. The van der Waals surface area contributed by atoms with Crippen molar-refractivity contribution >= 4 is 17.7 Å². The van der Waals surface area contributed by atoms with Crippen LogP contribution in [0.5, 0.6) is 0 Å². The Morgan fingerprint density at radius 2 is 1.89 bits per heavy atom. The number of carbonyl (C=O) groups excluding carboxylic acids is 1. The van der Waals surface area contributed by atoms with Crippen LogP contribution in [0.4, 0.5) is 0 Å². The average molecular weight is 275 g/mol. The minimum absolute atomic E-state index is 0.0991. The van der Waals surface area contributed by atoms with E-state index < -0.39 is 0 Å². The lowest BCUT2D eigenvalue weighted by molar-refractivity contribution is -0.124. The van der Waals surface area contributed by atoms with Crippen LogP contribution < -0.4 is 5.32 Å². The molecule has 0 spiro atoms. The number of thioether (sulfide) groups is 1. The Balaban J connectivity index is 1.67. The summed E-state index contributed by atoms with van der Waals surface area (Å²) in [6.45, 7) is 2.09. The van der Waals surface area contributed by atoms with Gasteiger partial charge in [0.05, 0.1) is 5.25 Å². The van der Waals surface area contributed by atoms with Gasteiger partial charge in [-0.2, -0.15) is 0 Å². The van der Waals surface area contributed by atoms with Crippen molar-refractivity contribution in [2.75, 3.05) is 0 Å². The van der Waals surface area contributed by atoms with E-state index in [9.17, 15) is 4.79 Å². The number of carbonyl (C=O) groups is 1. The highest BCUT2D eigenvalue weighted by Crippen LogP contribution is 2.37. The summed E-state index contributed by atoms with van der Waals surface area (Å²) in [5, 5.41) is 3.34. The molecule has 1 amide bonds. The van der Waals surface area contributed by atoms with Gasteiger partial charge in [0.15, 0.2) is 0 Å². The van der Waals surface area contributed by atoms with Gasteiger partial charge in [0.1, 0.15) is 0 Å². The van der Waals surface area contributed by atoms with E-state index in [1.54, 1.807) is 11.8 Å². The zero-order chi connectivity index (χ0) is 13.2. The van der Waals surface area contributed by atoms with E-state index in [0.29, 0.717) is 12.0 Å². The van der Waals surface area contributed by atoms with Gasteiger partial charge in [0, 0.05) is 10.9 Å². The number of amides is 1. The first-order valence-electron chi connectivity index (χ1n) is 7.26. The van der Waals surface area contributed by atoms with Gasteiger partial charge in [-0.05, 0) is 44.2 Å². The molecule has 19 heavy (non-hydrogen) atoms. The number of piperidine rings is 1. The molecule has 0 bridgehead atoms. The quantitative estimate of drug-likeness (QED) is 0.894. The molecule has 3 rings (SSSR count). The zero-order valence-electron chi connectivity index (χ0n) is 11.4. The summed E-state index contributed by atoms with van der Waals surface area (Å²) in [5.41, 5.74) is 1.27. The van der Waals surface area contributed by atoms with Crippen molar-refractivity contribution in [1.29, 1.82) is 0 Å². The van der Waals surface area contributed by atoms with Crippen LogP contribution in [-0.4, -0.2) is 17.2 Å². The van der Waals surface area contributed by atoms with Gasteiger partial charge in [-0.3, -0.25) is 4.79 Å². The van der Waals surface area contributed by atoms with E-state index in [-0.39, 0.29) is 11.2 Å². The molecule has 1 aromatic rings. The molecule has 1 aliphatic heterocycles. The van der Waals surface area contributed by atoms with Crippen LogP contribution in [0.25, 0.3) is 0 Å². The van der Waals surface area contributed by atoms with E-state index in [0.717, 1.165) is 6.42 Å². The molecule has 0 radical (unpaired) electrons. The largest absolute Gasteiger partial charge is 0.352 e. The summed E-state index contributed by atoms with van der Waals surface area (Å²) in [6, 6.07) is 8.94. The minimum atomic E-state index is 0.0991. The summed E-state index contributed by atoms with van der Waals surface area (Å²) in [7, 11) is 0. The third-order valence-electron chi connectivity index (χ3n) is 4.35. The molecule has 102 valence electrons. The molecule has 1 heterocycles. The van der Waals surface area contributed by atoms with Crippen molar-refractivity contribution in [2.24, 2.45) is 5.92 Å². The third kappa shape index (κ3) is 2.97. The number of rotatable bonds is 2. The van der Waals surface area contributed by atoms with E-state index in [1.807, 2.05) is 0 Å². The molecule has 1 saturated heterocycles. The number of hydrogen-bond acceptors (Lipinski definition) is 2. The molecular weight excluding hydrogens is 254 g/mol. The van der Waals surface area contributed by atoms with Crippen molar-refractivity contribution in [3.63, 3.8) is 0 Å². The van der Waals surface area contributed by atoms with Gasteiger partial charge in [0.2, 0.25) is 5.91 Å². The van der Waals surface area contributed by atoms with Gasteiger partial charge < -0.3 is 5.32 Å². The Morgan fingerprint density at radius 3 is 2.68 bits per heavy atom. The van der Waals surface area contributed by atoms with Crippen molar-refractivity contribution in [1.82, 2.24) is 5.32 Å². The van der Waals surface area contributed by atoms with Gasteiger partial charge in [-0.15, -0.1) is 11.8 Å². The van der Waals surface area contributed by atoms with Gasteiger partial charge in [0.25, 0.3) is 0 Å². The lowest BCUT2D eigenvalue weighted by Crippen LogP contribution is -2.51. The fourth-order valence-electron chi connectivity index (χ4n) is 3.22.